The molecule has 2 aromatic heterocycles. The molecule has 0 unspecified atom stereocenters. The monoisotopic (exact) mass is 484 g/mol. The standard InChI is InChI=1S/C25H29ClN4O4/c1-14-10-18-20(24(31)28-11-14)22(29-17-7-5-6-16(26)23(17)33-4)21(30-18)15-8-9-27-12-19(15)34-13-25(2,3)32/h5-9,12,14,29-30,32H,10-11,13H2,1-4H3,(H,28,31)/t14-/m0/s1. The Morgan fingerprint density at radius 3 is 2.85 bits per heavy atom. The van der Waals surface area contributed by atoms with E-state index >= 15 is 0 Å². The molecule has 1 atom stereocenters. The summed E-state index contributed by atoms with van der Waals surface area (Å²) in [4.78, 5) is 20.8. The number of H-pyrrole nitrogens is 1. The molecule has 3 aromatic rings. The van der Waals surface area contributed by atoms with Crippen LogP contribution in [0.2, 0.25) is 5.02 Å². The maximum absolute atomic E-state index is 13.2. The van der Waals surface area contributed by atoms with Gasteiger partial charge in [-0.2, -0.15) is 0 Å². The average Bonchev–Trinajstić information content (AvgIpc) is 3.06. The van der Waals surface area contributed by atoms with Gasteiger partial charge < -0.3 is 30.2 Å². The van der Waals surface area contributed by atoms with E-state index < -0.39 is 5.60 Å². The van der Waals surface area contributed by atoms with Crippen molar-refractivity contribution < 1.29 is 19.4 Å². The van der Waals surface area contributed by atoms with Crippen molar-refractivity contribution in [2.45, 2.75) is 32.8 Å². The molecule has 1 aromatic carbocycles. The fourth-order valence-corrected chi connectivity index (χ4v) is 4.22. The topological polar surface area (TPSA) is 108 Å². The van der Waals surface area contributed by atoms with E-state index in [2.05, 4.69) is 27.5 Å². The summed E-state index contributed by atoms with van der Waals surface area (Å²) in [7, 11) is 1.55. The van der Waals surface area contributed by atoms with Crippen molar-refractivity contribution in [1.29, 1.82) is 0 Å². The third-order valence-corrected chi connectivity index (χ3v) is 5.83. The summed E-state index contributed by atoms with van der Waals surface area (Å²) in [6, 6.07) is 7.20. The third kappa shape index (κ3) is 4.98. The van der Waals surface area contributed by atoms with Crippen molar-refractivity contribution in [1.82, 2.24) is 15.3 Å². The minimum atomic E-state index is -1.02. The lowest BCUT2D eigenvalue weighted by Gasteiger charge is -2.20. The van der Waals surface area contributed by atoms with E-state index in [1.807, 2.05) is 18.2 Å². The smallest absolute Gasteiger partial charge is 0.255 e. The summed E-state index contributed by atoms with van der Waals surface area (Å²) in [6.07, 6.45) is 3.95. The molecule has 0 bridgehead atoms. The molecular weight excluding hydrogens is 456 g/mol. The van der Waals surface area contributed by atoms with E-state index in [4.69, 9.17) is 21.1 Å². The number of carbonyl (C=O) groups is 1. The van der Waals surface area contributed by atoms with Gasteiger partial charge in [-0.25, -0.2) is 0 Å². The van der Waals surface area contributed by atoms with Gasteiger partial charge in [0.1, 0.15) is 12.4 Å². The molecule has 0 spiro atoms. The number of aliphatic hydroxyl groups is 1. The molecular formula is C25H29ClN4O4. The lowest BCUT2D eigenvalue weighted by atomic mass is 10.0. The zero-order valence-corrected chi connectivity index (χ0v) is 20.4. The van der Waals surface area contributed by atoms with Gasteiger partial charge >= 0.3 is 0 Å². The third-order valence-electron chi connectivity index (χ3n) is 5.53. The summed E-state index contributed by atoms with van der Waals surface area (Å²) >= 11 is 6.35. The molecule has 0 saturated heterocycles. The second kappa shape index (κ2) is 9.56. The van der Waals surface area contributed by atoms with Crippen molar-refractivity contribution in [3.05, 3.63) is 52.9 Å². The van der Waals surface area contributed by atoms with Gasteiger partial charge in [0.25, 0.3) is 5.91 Å². The van der Waals surface area contributed by atoms with E-state index in [-0.39, 0.29) is 18.4 Å². The van der Waals surface area contributed by atoms with Crippen molar-refractivity contribution >= 4 is 28.9 Å². The maximum atomic E-state index is 13.2. The van der Waals surface area contributed by atoms with Gasteiger partial charge in [-0.1, -0.05) is 24.6 Å². The fraction of sp³-hybridized carbons (Fsp3) is 0.360. The second-order valence-electron chi connectivity index (χ2n) is 9.17. The van der Waals surface area contributed by atoms with Crippen molar-refractivity contribution in [3.8, 4) is 22.8 Å². The van der Waals surface area contributed by atoms with Gasteiger partial charge in [0.2, 0.25) is 0 Å². The number of fused-ring (bicyclic) bond motifs is 1. The highest BCUT2D eigenvalue weighted by Gasteiger charge is 2.30. The molecule has 0 saturated carbocycles. The number of hydrogen-bond donors (Lipinski definition) is 4. The highest BCUT2D eigenvalue weighted by atomic mass is 35.5. The predicted molar refractivity (Wildman–Crippen MR) is 132 cm³/mol. The van der Waals surface area contributed by atoms with Crippen LogP contribution in [0.4, 0.5) is 11.4 Å². The summed E-state index contributed by atoms with van der Waals surface area (Å²) in [5, 5.41) is 17.0. The summed E-state index contributed by atoms with van der Waals surface area (Å²) in [5.41, 5.74) is 2.92. The van der Waals surface area contributed by atoms with Crippen LogP contribution < -0.4 is 20.1 Å². The normalized spacial score (nSPS) is 15.8. The van der Waals surface area contributed by atoms with E-state index in [1.54, 1.807) is 39.4 Å². The van der Waals surface area contributed by atoms with Gasteiger partial charge in [0.15, 0.2) is 5.75 Å². The second-order valence-corrected chi connectivity index (χ2v) is 9.57. The minimum Gasteiger partial charge on any atom is -0.493 e. The Bertz CT molecular complexity index is 1200. The van der Waals surface area contributed by atoms with E-state index in [9.17, 15) is 9.90 Å². The molecule has 1 amide bonds. The van der Waals surface area contributed by atoms with E-state index in [0.29, 0.717) is 57.7 Å². The summed E-state index contributed by atoms with van der Waals surface area (Å²) in [6.45, 7) is 6.10. The summed E-state index contributed by atoms with van der Waals surface area (Å²) < 4.78 is 11.4. The number of hydrogen-bond acceptors (Lipinski definition) is 6. The molecule has 0 aliphatic carbocycles. The number of carbonyl (C=O) groups excluding carboxylic acids is 1. The van der Waals surface area contributed by atoms with Crippen LogP contribution in [-0.2, 0) is 6.42 Å². The first-order chi connectivity index (χ1) is 16.2. The number of halogens is 1. The number of anilines is 2. The lowest BCUT2D eigenvalue weighted by molar-refractivity contribution is 0.0286. The van der Waals surface area contributed by atoms with Gasteiger partial charge in [-0.3, -0.25) is 9.78 Å². The largest absolute Gasteiger partial charge is 0.493 e. The zero-order valence-electron chi connectivity index (χ0n) is 19.7. The maximum Gasteiger partial charge on any atom is 0.255 e. The zero-order chi connectivity index (χ0) is 24.5. The number of methoxy groups -OCH3 is 1. The Hall–Kier alpha value is -3.23. The quantitative estimate of drug-likeness (QED) is 0.391. The number of para-hydroxylation sites is 1. The van der Waals surface area contributed by atoms with Crippen LogP contribution >= 0.6 is 11.6 Å². The number of ether oxygens (including phenoxy) is 2. The molecule has 1 aliphatic rings. The number of amides is 1. The van der Waals surface area contributed by atoms with Gasteiger partial charge in [-0.15, -0.1) is 0 Å². The Morgan fingerprint density at radius 1 is 1.32 bits per heavy atom. The number of nitrogens with zero attached hydrogens (tertiary/aromatic N) is 1. The number of benzene rings is 1. The predicted octanol–water partition coefficient (Wildman–Crippen LogP) is 4.55. The lowest BCUT2D eigenvalue weighted by Crippen LogP contribution is -2.28. The fourth-order valence-electron chi connectivity index (χ4n) is 3.96. The molecule has 8 nitrogen and oxygen atoms in total. The molecule has 4 N–H and O–H groups in total. The first kappa shape index (κ1) is 23.9. The van der Waals surface area contributed by atoms with Gasteiger partial charge in [0.05, 0.1) is 46.6 Å². The van der Waals surface area contributed by atoms with E-state index in [0.717, 1.165) is 5.69 Å². The Kier molecular flexibility index (Phi) is 6.72. The Morgan fingerprint density at radius 2 is 2.12 bits per heavy atom. The number of aromatic nitrogens is 2. The van der Waals surface area contributed by atoms with Crippen LogP contribution in [0.3, 0.4) is 0 Å². The van der Waals surface area contributed by atoms with E-state index in [1.165, 1.54) is 0 Å². The number of rotatable bonds is 7. The molecule has 3 heterocycles. The van der Waals surface area contributed by atoms with Crippen LogP contribution in [-0.4, -0.2) is 46.8 Å². The Labute approximate surface area is 203 Å². The van der Waals surface area contributed by atoms with Crippen LogP contribution in [0.25, 0.3) is 11.3 Å². The van der Waals surface area contributed by atoms with Gasteiger partial charge in [-0.05, 0) is 44.4 Å². The molecule has 4 rings (SSSR count). The van der Waals surface area contributed by atoms with Crippen LogP contribution in [0, 0.1) is 5.92 Å². The molecule has 0 fully saturated rings. The SMILES string of the molecule is COc1c(Cl)cccc1Nc1c(-c2ccncc2OCC(C)(C)O)[nH]c2c1C(=O)NC[C@@H](C)C2. The molecule has 34 heavy (non-hydrogen) atoms. The average molecular weight is 485 g/mol. The van der Waals surface area contributed by atoms with Gasteiger partial charge in [0, 0.05) is 24.0 Å². The minimum absolute atomic E-state index is 0.0779. The Balaban J connectivity index is 1.88. The van der Waals surface area contributed by atoms with Crippen molar-refractivity contribution in [2.24, 2.45) is 5.92 Å². The van der Waals surface area contributed by atoms with Crippen molar-refractivity contribution in [3.63, 3.8) is 0 Å². The first-order valence-electron chi connectivity index (χ1n) is 11.1. The van der Waals surface area contributed by atoms with Crippen molar-refractivity contribution in [2.75, 3.05) is 25.6 Å². The number of nitrogens with one attached hydrogen (secondary N) is 3. The van der Waals surface area contributed by atoms with Crippen LogP contribution in [0.5, 0.6) is 11.5 Å². The van der Waals surface area contributed by atoms with Crippen LogP contribution in [0.15, 0.2) is 36.7 Å². The molecule has 1 aliphatic heterocycles. The van der Waals surface area contributed by atoms with Crippen LogP contribution in [0.1, 0.15) is 36.8 Å². The summed E-state index contributed by atoms with van der Waals surface area (Å²) in [5.74, 6) is 1.04. The first-order valence-corrected chi connectivity index (χ1v) is 11.5. The molecule has 9 heteroatoms. The molecule has 180 valence electrons. The highest BCUT2D eigenvalue weighted by molar-refractivity contribution is 6.32. The highest BCUT2D eigenvalue weighted by Crippen LogP contribution is 2.43. The number of pyridine rings is 1. The molecule has 0 radical (unpaired) electrons. The number of aromatic amines is 1.